The van der Waals surface area contributed by atoms with Crippen LogP contribution in [-0.2, 0) is 19.6 Å². The van der Waals surface area contributed by atoms with Gasteiger partial charge >= 0.3 is 5.97 Å². The number of anilines is 2. The molecule has 9 heteroatoms. The average molecular weight is 420 g/mol. The number of rotatable bonds is 7. The van der Waals surface area contributed by atoms with Crippen molar-refractivity contribution in [2.45, 2.75) is 17.9 Å². The van der Waals surface area contributed by atoms with Crippen molar-refractivity contribution >= 4 is 33.3 Å². The molecular weight excluding hydrogens is 394 g/mol. The minimum atomic E-state index is -3.63. The predicted molar refractivity (Wildman–Crippen MR) is 112 cm³/mol. The number of esters is 1. The molecule has 0 aliphatic rings. The Balaban J connectivity index is 2.08. The highest BCUT2D eigenvalue weighted by Crippen LogP contribution is 2.19. The molecule has 0 aliphatic heterocycles. The minimum Gasteiger partial charge on any atom is -0.449 e. The first-order valence-electron chi connectivity index (χ1n) is 8.84. The van der Waals surface area contributed by atoms with Crippen molar-refractivity contribution in [2.24, 2.45) is 0 Å². The van der Waals surface area contributed by atoms with Crippen molar-refractivity contribution in [3.05, 3.63) is 54.1 Å². The Morgan fingerprint density at radius 2 is 1.66 bits per heavy atom. The molecule has 0 bridgehead atoms. The number of carbonyl (C=O) groups is 2. The summed E-state index contributed by atoms with van der Waals surface area (Å²) in [5.74, 6) is -1.19. The van der Waals surface area contributed by atoms with Crippen LogP contribution in [0, 0.1) is 0 Å². The third-order valence-corrected chi connectivity index (χ3v) is 5.94. The molecule has 1 atom stereocenters. The largest absolute Gasteiger partial charge is 0.449 e. The number of hydrogen-bond acceptors (Lipinski definition) is 6. The zero-order valence-corrected chi connectivity index (χ0v) is 17.9. The molecule has 29 heavy (non-hydrogen) atoms. The van der Waals surface area contributed by atoms with E-state index in [4.69, 9.17) is 4.74 Å². The topological polar surface area (TPSA) is 96.0 Å². The van der Waals surface area contributed by atoms with Gasteiger partial charge in [-0.2, -0.15) is 0 Å². The molecule has 0 aromatic heterocycles. The normalized spacial score (nSPS) is 12.3. The number of amides is 1. The molecule has 1 N–H and O–H groups in total. The summed E-state index contributed by atoms with van der Waals surface area (Å²) in [7, 11) is 2.92. The van der Waals surface area contributed by atoms with Gasteiger partial charge in [0.2, 0.25) is 10.0 Å². The molecule has 0 radical (unpaired) electrons. The second kappa shape index (κ2) is 9.06. The van der Waals surface area contributed by atoms with Gasteiger partial charge in [0, 0.05) is 39.6 Å². The lowest BCUT2D eigenvalue weighted by Crippen LogP contribution is -2.30. The molecule has 8 nitrogen and oxygen atoms in total. The molecule has 0 heterocycles. The van der Waals surface area contributed by atoms with Crippen LogP contribution in [-0.4, -0.2) is 58.9 Å². The van der Waals surface area contributed by atoms with Gasteiger partial charge in [0.05, 0.1) is 10.5 Å². The predicted octanol–water partition coefficient (Wildman–Crippen LogP) is 2.19. The second-order valence-corrected chi connectivity index (χ2v) is 8.95. The van der Waals surface area contributed by atoms with Gasteiger partial charge in [-0.3, -0.25) is 4.79 Å². The molecule has 1 amide bonds. The molecule has 2 aromatic carbocycles. The highest BCUT2D eigenvalue weighted by molar-refractivity contribution is 7.89. The Morgan fingerprint density at radius 1 is 1.00 bits per heavy atom. The van der Waals surface area contributed by atoms with E-state index in [9.17, 15) is 18.0 Å². The van der Waals surface area contributed by atoms with Gasteiger partial charge in [-0.25, -0.2) is 17.5 Å². The van der Waals surface area contributed by atoms with Gasteiger partial charge < -0.3 is 15.0 Å². The van der Waals surface area contributed by atoms with E-state index >= 15 is 0 Å². The van der Waals surface area contributed by atoms with Crippen molar-refractivity contribution in [3.8, 4) is 0 Å². The summed E-state index contributed by atoms with van der Waals surface area (Å²) in [4.78, 5) is 26.6. The molecule has 0 aliphatic carbocycles. The Morgan fingerprint density at radius 3 is 2.28 bits per heavy atom. The number of nitrogens with one attached hydrogen (secondary N) is 1. The van der Waals surface area contributed by atoms with E-state index in [-0.39, 0.29) is 10.6 Å². The van der Waals surface area contributed by atoms with Crippen LogP contribution >= 0.6 is 0 Å². The lowest BCUT2D eigenvalue weighted by molar-refractivity contribution is -0.123. The second-order valence-electron chi connectivity index (χ2n) is 6.80. The smallest absolute Gasteiger partial charge is 0.338 e. The number of sulfonamides is 1. The Bertz CT molecular complexity index is 1000. The molecule has 0 saturated heterocycles. The molecule has 0 fully saturated rings. The van der Waals surface area contributed by atoms with Gasteiger partial charge in [-0.1, -0.05) is 12.1 Å². The molecule has 0 saturated carbocycles. The van der Waals surface area contributed by atoms with Crippen LogP contribution in [0.5, 0.6) is 0 Å². The van der Waals surface area contributed by atoms with Crippen LogP contribution in [0.1, 0.15) is 17.3 Å². The van der Waals surface area contributed by atoms with Gasteiger partial charge in [-0.05, 0) is 43.3 Å². The lowest BCUT2D eigenvalue weighted by atomic mass is 10.2. The van der Waals surface area contributed by atoms with E-state index in [2.05, 4.69) is 5.32 Å². The standard InChI is InChI=1S/C20H25N3O5S/c1-14(28-20(25)15-8-6-10-17(12-15)22(2)3)19(24)21-16-9-7-11-18(13-16)29(26,27)23(4)5/h6-14H,1-5H3,(H,21,24)/t14-/m1/s1. The number of carbonyl (C=O) groups excluding carboxylic acids is 2. The zero-order valence-electron chi connectivity index (χ0n) is 17.0. The van der Waals surface area contributed by atoms with E-state index in [1.54, 1.807) is 24.3 Å². The summed E-state index contributed by atoms with van der Waals surface area (Å²) in [5, 5.41) is 2.57. The van der Waals surface area contributed by atoms with Crippen LogP contribution in [0.15, 0.2) is 53.4 Å². The van der Waals surface area contributed by atoms with Crippen molar-refractivity contribution in [1.82, 2.24) is 4.31 Å². The lowest BCUT2D eigenvalue weighted by Gasteiger charge is -2.16. The fourth-order valence-corrected chi connectivity index (χ4v) is 3.33. The van der Waals surface area contributed by atoms with Crippen LogP contribution in [0.4, 0.5) is 11.4 Å². The molecular formula is C20H25N3O5S. The quantitative estimate of drug-likeness (QED) is 0.691. The number of nitrogens with zero attached hydrogens (tertiary/aromatic N) is 2. The SMILES string of the molecule is C[C@@H](OC(=O)c1cccc(N(C)C)c1)C(=O)Nc1cccc(S(=O)(=O)N(C)C)c1. The van der Waals surface area contributed by atoms with Gasteiger partial charge in [0.25, 0.3) is 5.91 Å². The zero-order chi connectivity index (χ0) is 21.8. The van der Waals surface area contributed by atoms with Crippen molar-refractivity contribution in [3.63, 3.8) is 0 Å². The number of ether oxygens (including phenoxy) is 1. The summed E-state index contributed by atoms with van der Waals surface area (Å²) < 4.78 is 30.8. The summed E-state index contributed by atoms with van der Waals surface area (Å²) in [6.45, 7) is 1.45. The third-order valence-electron chi connectivity index (χ3n) is 4.13. The Labute approximate surface area is 171 Å². The fourth-order valence-electron chi connectivity index (χ4n) is 2.38. The van der Waals surface area contributed by atoms with E-state index in [1.807, 2.05) is 25.1 Å². The summed E-state index contributed by atoms with van der Waals surface area (Å²) in [5.41, 5.74) is 1.45. The maximum absolute atomic E-state index is 12.4. The van der Waals surface area contributed by atoms with Crippen LogP contribution in [0.3, 0.4) is 0 Å². The highest BCUT2D eigenvalue weighted by Gasteiger charge is 2.21. The summed E-state index contributed by atoms with van der Waals surface area (Å²) >= 11 is 0. The maximum atomic E-state index is 12.4. The molecule has 0 unspecified atom stereocenters. The van der Waals surface area contributed by atoms with Crippen LogP contribution < -0.4 is 10.2 Å². The first-order valence-corrected chi connectivity index (χ1v) is 10.3. The fraction of sp³-hybridized carbons (Fsp3) is 0.300. The van der Waals surface area contributed by atoms with E-state index < -0.39 is 28.0 Å². The summed E-state index contributed by atoms with van der Waals surface area (Å²) in [6.07, 6.45) is -1.07. The van der Waals surface area contributed by atoms with E-state index in [0.717, 1.165) is 9.99 Å². The van der Waals surface area contributed by atoms with Crippen LogP contribution in [0.25, 0.3) is 0 Å². The van der Waals surface area contributed by atoms with Crippen LogP contribution in [0.2, 0.25) is 0 Å². The van der Waals surface area contributed by atoms with Gasteiger partial charge in [0.15, 0.2) is 6.10 Å². The maximum Gasteiger partial charge on any atom is 0.338 e. The molecule has 2 aromatic rings. The highest BCUT2D eigenvalue weighted by atomic mass is 32.2. The van der Waals surface area contributed by atoms with Crippen molar-refractivity contribution in [1.29, 1.82) is 0 Å². The van der Waals surface area contributed by atoms with E-state index in [0.29, 0.717) is 5.56 Å². The average Bonchev–Trinajstić information content (AvgIpc) is 2.67. The van der Waals surface area contributed by atoms with E-state index in [1.165, 1.54) is 39.2 Å². The first-order chi connectivity index (χ1) is 13.5. The number of hydrogen-bond donors (Lipinski definition) is 1. The minimum absolute atomic E-state index is 0.0467. The Hall–Kier alpha value is -2.91. The molecule has 0 spiro atoms. The Kier molecular flexibility index (Phi) is 6.99. The molecule has 156 valence electrons. The first kappa shape index (κ1) is 22.4. The monoisotopic (exact) mass is 419 g/mol. The van der Waals surface area contributed by atoms with Gasteiger partial charge in [0.1, 0.15) is 0 Å². The van der Waals surface area contributed by atoms with Crippen molar-refractivity contribution in [2.75, 3.05) is 38.4 Å². The van der Waals surface area contributed by atoms with Crippen molar-refractivity contribution < 1.29 is 22.7 Å². The molecule has 2 rings (SSSR count). The third kappa shape index (κ3) is 5.55. The summed E-state index contributed by atoms with van der Waals surface area (Å²) in [6, 6.07) is 12.7. The van der Waals surface area contributed by atoms with Gasteiger partial charge in [-0.15, -0.1) is 0 Å². The number of benzene rings is 2.